The van der Waals surface area contributed by atoms with Crippen molar-refractivity contribution in [1.82, 2.24) is 9.88 Å². The summed E-state index contributed by atoms with van der Waals surface area (Å²) in [6.07, 6.45) is 5.83. The molecule has 1 aliphatic rings. The van der Waals surface area contributed by atoms with Crippen molar-refractivity contribution < 1.29 is 4.74 Å². The van der Waals surface area contributed by atoms with Gasteiger partial charge in [0.05, 0.1) is 0 Å². The Morgan fingerprint density at radius 2 is 2.12 bits per heavy atom. The fourth-order valence-electron chi connectivity index (χ4n) is 2.05. The SMILES string of the molecule is Cc1cc(OCCN2CCCCC2)ncc1Br. The zero-order valence-corrected chi connectivity index (χ0v) is 11.9. The van der Waals surface area contributed by atoms with E-state index in [2.05, 4.69) is 25.8 Å². The molecule has 3 nitrogen and oxygen atoms in total. The molecule has 2 rings (SSSR count). The Morgan fingerprint density at radius 1 is 1.35 bits per heavy atom. The third-order valence-corrected chi connectivity index (χ3v) is 3.96. The monoisotopic (exact) mass is 298 g/mol. The molecule has 1 aromatic heterocycles. The van der Waals surface area contributed by atoms with E-state index in [1.165, 1.54) is 32.4 Å². The van der Waals surface area contributed by atoms with Gasteiger partial charge in [-0.3, -0.25) is 4.90 Å². The van der Waals surface area contributed by atoms with E-state index in [-0.39, 0.29) is 0 Å². The Balaban J connectivity index is 1.75. The number of halogens is 1. The molecule has 94 valence electrons. The van der Waals surface area contributed by atoms with Gasteiger partial charge in [0.1, 0.15) is 6.61 Å². The molecule has 0 unspecified atom stereocenters. The highest BCUT2D eigenvalue weighted by atomic mass is 79.9. The molecule has 0 atom stereocenters. The predicted molar refractivity (Wildman–Crippen MR) is 72.5 cm³/mol. The van der Waals surface area contributed by atoms with E-state index >= 15 is 0 Å². The molecule has 0 saturated carbocycles. The third kappa shape index (κ3) is 3.96. The molecule has 1 aliphatic heterocycles. The summed E-state index contributed by atoms with van der Waals surface area (Å²) in [7, 11) is 0. The van der Waals surface area contributed by atoms with Crippen LogP contribution in [0.25, 0.3) is 0 Å². The zero-order valence-electron chi connectivity index (χ0n) is 10.3. The van der Waals surface area contributed by atoms with Gasteiger partial charge < -0.3 is 4.74 Å². The van der Waals surface area contributed by atoms with E-state index in [4.69, 9.17) is 4.74 Å². The van der Waals surface area contributed by atoms with Crippen molar-refractivity contribution in [2.75, 3.05) is 26.2 Å². The molecule has 0 bridgehead atoms. The second-order valence-corrected chi connectivity index (χ2v) is 5.38. The van der Waals surface area contributed by atoms with Gasteiger partial charge in [0.25, 0.3) is 0 Å². The number of rotatable bonds is 4. The highest BCUT2D eigenvalue weighted by Gasteiger charge is 2.09. The molecule has 0 aromatic carbocycles. The van der Waals surface area contributed by atoms with Crippen LogP contribution in [0.3, 0.4) is 0 Å². The smallest absolute Gasteiger partial charge is 0.213 e. The maximum Gasteiger partial charge on any atom is 0.213 e. The minimum absolute atomic E-state index is 0.725. The van der Waals surface area contributed by atoms with Crippen LogP contribution in [-0.4, -0.2) is 36.1 Å². The van der Waals surface area contributed by atoms with Crippen molar-refractivity contribution in [2.24, 2.45) is 0 Å². The average Bonchev–Trinajstić information content (AvgIpc) is 2.35. The summed E-state index contributed by atoms with van der Waals surface area (Å²) in [6.45, 7) is 6.22. The maximum atomic E-state index is 5.67. The molecule has 0 radical (unpaired) electrons. The molecule has 4 heteroatoms. The lowest BCUT2D eigenvalue weighted by Crippen LogP contribution is -2.33. The molecular formula is C13H19BrN2O. The lowest BCUT2D eigenvalue weighted by atomic mass is 10.1. The van der Waals surface area contributed by atoms with E-state index in [0.717, 1.165) is 29.1 Å². The van der Waals surface area contributed by atoms with Crippen molar-refractivity contribution in [3.63, 3.8) is 0 Å². The van der Waals surface area contributed by atoms with Gasteiger partial charge in [-0.1, -0.05) is 6.42 Å². The number of nitrogens with zero attached hydrogens (tertiary/aromatic N) is 2. The normalized spacial score (nSPS) is 17.1. The molecule has 1 saturated heterocycles. The van der Waals surface area contributed by atoms with E-state index in [0.29, 0.717) is 0 Å². The zero-order chi connectivity index (χ0) is 12.1. The Labute approximate surface area is 111 Å². The Bertz CT molecular complexity index is 364. The molecule has 1 aromatic rings. The topological polar surface area (TPSA) is 25.4 Å². The number of likely N-dealkylation sites (tertiary alicyclic amines) is 1. The van der Waals surface area contributed by atoms with Gasteiger partial charge in [0.2, 0.25) is 5.88 Å². The predicted octanol–water partition coefficient (Wildman–Crippen LogP) is 3.02. The minimum Gasteiger partial charge on any atom is -0.476 e. The lowest BCUT2D eigenvalue weighted by molar-refractivity contribution is 0.180. The van der Waals surface area contributed by atoms with Crippen LogP contribution in [0, 0.1) is 6.92 Å². The molecular weight excluding hydrogens is 280 g/mol. The van der Waals surface area contributed by atoms with E-state index in [9.17, 15) is 0 Å². The summed E-state index contributed by atoms with van der Waals surface area (Å²) in [4.78, 5) is 6.70. The second-order valence-electron chi connectivity index (χ2n) is 4.52. The number of pyridine rings is 1. The Kier molecular flexibility index (Phi) is 4.80. The van der Waals surface area contributed by atoms with Gasteiger partial charge >= 0.3 is 0 Å². The Hall–Kier alpha value is -0.610. The first-order valence-corrected chi connectivity index (χ1v) is 7.02. The van der Waals surface area contributed by atoms with Crippen LogP contribution < -0.4 is 4.74 Å². The molecule has 17 heavy (non-hydrogen) atoms. The van der Waals surface area contributed by atoms with E-state index in [1.807, 2.05) is 13.0 Å². The number of aryl methyl sites for hydroxylation is 1. The van der Waals surface area contributed by atoms with E-state index < -0.39 is 0 Å². The number of hydrogen-bond acceptors (Lipinski definition) is 3. The number of piperidine rings is 1. The first-order valence-electron chi connectivity index (χ1n) is 6.23. The fraction of sp³-hybridized carbons (Fsp3) is 0.615. The molecule has 0 aliphatic carbocycles. The summed E-state index contributed by atoms with van der Waals surface area (Å²) >= 11 is 3.43. The average molecular weight is 299 g/mol. The van der Waals surface area contributed by atoms with Crippen LogP contribution in [0.4, 0.5) is 0 Å². The van der Waals surface area contributed by atoms with Crippen LogP contribution in [0.2, 0.25) is 0 Å². The fourth-order valence-corrected chi connectivity index (χ4v) is 2.27. The number of ether oxygens (including phenoxy) is 1. The Morgan fingerprint density at radius 3 is 2.82 bits per heavy atom. The van der Waals surface area contributed by atoms with E-state index in [1.54, 1.807) is 6.20 Å². The van der Waals surface area contributed by atoms with Gasteiger partial charge in [-0.15, -0.1) is 0 Å². The molecule has 2 heterocycles. The number of hydrogen-bond donors (Lipinski definition) is 0. The van der Waals surface area contributed by atoms with Crippen LogP contribution in [0.1, 0.15) is 24.8 Å². The van der Waals surface area contributed by atoms with Crippen molar-refractivity contribution in [2.45, 2.75) is 26.2 Å². The highest BCUT2D eigenvalue weighted by Crippen LogP contribution is 2.18. The first-order chi connectivity index (χ1) is 8.25. The quantitative estimate of drug-likeness (QED) is 0.854. The van der Waals surface area contributed by atoms with Gasteiger partial charge in [-0.25, -0.2) is 4.98 Å². The van der Waals surface area contributed by atoms with Crippen LogP contribution in [0.5, 0.6) is 5.88 Å². The second kappa shape index (κ2) is 6.36. The third-order valence-electron chi connectivity index (χ3n) is 3.13. The van der Waals surface area contributed by atoms with Gasteiger partial charge in [0, 0.05) is 23.3 Å². The molecule has 0 N–H and O–H groups in total. The summed E-state index contributed by atoms with van der Waals surface area (Å²) in [5, 5.41) is 0. The van der Waals surface area contributed by atoms with Crippen molar-refractivity contribution in [3.8, 4) is 5.88 Å². The highest BCUT2D eigenvalue weighted by molar-refractivity contribution is 9.10. The van der Waals surface area contributed by atoms with Crippen LogP contribution >= 0.6 is 15.9 Å². The van der Waals surface area contributed by atoms with Gasteiger partial charge in [-0.2, -0.15) is 0 Å². The maximum absolute atomic E-state index is 5.67. The number of aromatic nitrogens is 1. The summed E-state index contributed by atoms with van der Waals surface area (Å²) < 4.78 is 6.70. The molecule has 1 fully saturated rings. The molecule has 0 spiro atoms. The van der Waals surface area contributed by atoms with Gasteiger partial charge in [-0.05, 0) is 54.3 Å². The standard InChI is InChI=1S/C13H19BrN2O/c1-11-9-13(15-10-12(11)14)17-8-7-16-5-3-2-4-6-16/h9-10H,2-8H2,1H3. The van der Waals surface area contributed by atoms with Gasteiger partial charge in [0.15, 0.2) is 0 Å². The van der Waals surface area contributed by atoms with Crippen molar-refractivity contribution in [3.05, 3.63) is 22.3 Å². The minimum atomic E-state index is 0.725. The van der Waals surface area contributed by atoms with Crippen LogP contribution in [0.15, 0.2) is 16.7 Å². The largest absolute Gasteiger partial charge is 0.476 e. The molecule has 0 amide bonds. The summed E-state index contributed by atoms with van der Waals surface area (Å²) in [5.41, 5.74) is 1.16. The lowest BCUT2D eigenvalue weighted by Gasteiger charge is -2.26. The summed E-state index contributed by atoms with van der Waals surface area (Å²) in [5.74, 6) is 0.725. The van der Waals surface area contributed by atoms with Crippen molar-refractivity contribution >= 4 is 15.9 Å². The summed E-state index contributed by atoms with van der Waals surface area (Å²) in [6, 6.07) is 1.97. The first kappa shape index (κ1) is 12.8. The van der Waals surface area contributed by atoms with Crippen LogP contribution in [-0.2, 0) is 0 Å². The van der Waals surface area contributed by atoms with Crippen molar-refractivity contribution in [1.29, 1.82) is 0 Å².